The van der Waals surface area contributed by atoms with Gasteiger partial charge >= 0.3 is 6.09 Å². The van der Waals surface area contributed by atoms with E-state index >= 15 is 4.39 Å². The third kappa shape index (κ3) is 4.77. The van der Waals surface area contributed by atoms with Crippen LogP contribution in [0.3, 0.4) is 0 Å². The number of nitrogens with zero attached hydrogens (tertiary/aromatic N) is 4. The van der Waals surface area contributed by atoms with Gasteiger partial charge < -0.3 is 10.0 Å². The van der Waals surface area contributed by atoms with E-state index in [1.807, 2.05) is 20.8 Å². The van der Waals surface area contributed by atoms with Crippen molar-refractivity contribution in [2.45, 2.75) is 32.2 Å². The highest BCUT2D eigenvalue weighted by Gasteiger charge is 2.30. The van der Waals surface area contributed by atoms with E-state index in [9.17, 15) is 22.7 Å². The van der Waals surface area contributed by atoms with E-state index in [2.05, 4.69) is 9.97 Å². The summed E-state index contributed by atoms with van der Waals surface area (Å²) in [6, 6.07) is 5.21. The fraction of sp³-hybridized carbons (Fsp3) is 0.286. The molecule has 0 spiro atoms. The summed E-state index contributed by atoms with van der Waals surface area (Å²) in [6.45, 7) is 5.08. The maximum Gasteiger partial charge on any atom is 0.407 e. The minimum Gasteiger partial charge on any atom is -0.465 e. The summed E-state index contributed by atoms with van der Waals surface area (Å²) in [4.78, 5) is 19.7. The van der Waals surface area contributed by atoms with Crippen molar-refractivity contribution in [3.8, 4) is 11.3 Å². The highest BCUT2D eigenvalue weighted by molar-refractivity contribution is 7.90. The first kappa shape index (κ1) is 23.3. The smallest absolute Gasteiger partial charge is 0.407 e. The van der Waals surface area contributed by atoms with Crippen LogP contribution < -0.4 is 0 Å². The lowest BCUT2D eigenvalue weighted by atomic mass is 9.96. The highest BCUT2D eigenvalue weighted by Crippen LogP contribution is 2.32. The molecule has 8 nitrogen and oxygen atoms in total. The SMILES string of the molecule is CC(C)(C)CN(Cc1cn(S(=O)(=O)c2cccnc2)c(-c2cccnc2F)c1F)C(=O)O. The fourth-order valence-corrected chi connectivity index (χ4v) is 4.55. The zero-order valence-electron chi connectivity index (χ0n) is 17.7. The van der Waals surface area contributed by atoms with Crippen LogP contribution in [0.25, 0.3) is 11.3 Å². The molecule has 1 amide bonds. The van der Waals surface area contributed by atoms with Crippen LogP contribution in [0.2, 0.25) is 0 Å². The minimum absolute atomic E-state index is 0.0683. The van der Waals surface area contributed by atoms with Crippen molar-refractivity contribution in [3.05, 3.63) is 66.4 Å². The largest absolute Gasteiger partial charge is 0.465 e. The van der Waals surface area contributed by atoms with Gasteiger partial charge in [0.05, 0.1) is 12.1 Å². The fourth-order valence-electron chi connectivity index (χ4n) is 3.19. The second-order valence-electron chi connectivity index (χ2n) is 8.35. The van der Waals surface area contributed by atoms with Gasteiger partial charge in [-0.1, -0.05) is 20.8 Å². The number of halogens is 2. The summed E-state index contributed by atoms with van der Waals surface area (Å²) in [5.41, 5.74) is -1.60. The molecule has 0 aromatic carbocycles. The molecule has 3 heterocycles. The lowest BCUT2D eigenvalue weighted by Crippen LogP contribution is -2.36. The van der Waals surface area contributed by atoms with Crippen molar-refractivity contribution in [3.63, 3.8) is 0 Å². The van der Waals surface area contributed by atoms with Gasteiger partial charge in [-0.25, -0.2) is 26.6 Å². The lowest BCUT2D eigenvalue weighted by molar-refractivity contribution is 0.122. The third-order valence-corrected chi connectivity index (χ3v) is 6.13. The Hall–Kier alpha value is -3.34. The van der Waals surface area contributed by atoms with E-state index in [4.69, 9.17) is 0 Å². The van der Waals surface area contributed by atoms with E-state index in [0.717, 1.165) is 23.5 Å². The van der Waals surface area contributed by atoms with Crippen LogP contribution in [-0.2, 0) is 16.6 Å². The summed E-state index contributed by atoms with van der Waals surface area (Å²) in [5.74, 6) is -2.12. The van der Waals surface area contributed by atoms with Gasteiger partial charge in [-0.05, 0) is 29.7 Å². The van der Waals surface area contributed by atoms with E-state index in [-0.39, 0.29) is 22.6 Å². The number of hydrogen-bond acceptors (Lipinski definition) is 5. The van der Waals surface area contributed by atoms with Crippen molar-refractivity contribution >= 4 is 16.1 Å². The number of rotatable bonds is 6. The van der Waals surface area contributed by atoms with Crippen LogP contribution in [0.15, 0.2) is 53.9 Å². The topological polar surface area (TPSA) is 105 Å². The summed E-state index contributed by atoms with van der Waals surface area (Å²) in [7, 11) is -4.37. The van der Waals surface area contributed by atoms with E-state index in [1.165, 1.54) is 30.5 Å². The first-order valence-corrected chi connectivity index (χ1v) is 11.0. The number of carbonyl (C=O) groups is 1. The zero-order valence-corrected chi connectivity index (χ0v) is 18.5. The molecule has 3 aromatic heterocycles. The molecular weight excluding hydrogens is 442 g/mol. The molecule has 3 aromatic rings. The number of carboxylic acid groups (broad SMARTS) is 1. The number of amides is 1. The molecule has 0 atom stereocenters. The monoisotopic (exact) mass is 464 g/mol. The summed E-state index contributed by atoms with van der Waals surface area (Å²) < 4.78 is 57.1. The van der Waals surface area contributed by atoms with Crippen molar-refractivity contribution in [1.29, 1.82) is 0 Å². The van der Waals surface area contributed by atoms with Gasteiger partial charge in [0.25, 0.3) is 10.0 Å². The van der Waals surface area contributed by atoms with Crippen LogP contribution in [0.4, 0.5) is 13.6 Å². The van der Waals surface area contributed by atoms with E-state index in [0.29, 0.717) is 3.97 Å². The standard InChI is InChI=1S/C21H22F2N4O4S/c1-21(2,3)13-26(20(28)29)11-14-12-27(32(30,31)15-6-4-8-24-10-15)18(17(14)22)16-7-5-9-25-19(16)23/h4-10,12H,11,13H2,1-3H3,(H,28,29). The Morgan fingerprint density at radius 3 is 2.44 bits per heavy atom. The van der Waals surface area contributed by atoms with Gasteiger partial charge in [-0.3, -0.25) is 4.98 Å². The molecule has 1 N–H and O–H groups in total. The van der Waals surface area contributed by atoms with E-state index in [1.54, 1.807) is 0 Å². The molecule has 11 heteroatoms. The Balaban J connectivity index is 2.21. The second-order valence-corrected chi connectivity index (χ2v) is 10.2. The molecule has 0 aliphatic rings. The average molecular weight is 464 g/mol. The molecule has 3 rings (SSSR count). The second kappa shape index (κ2) is 8.65. The van der Waals surface area contributed by atoms with Crippen LogP contribution in [0, 0.1) is 17.2 Å². The van der Waals surface area contributed by atoms with Gasteiger partial charge in [-0.15, -0.1) is 0 Å². The Labute approximate surface area is 184 Å². The van der Waals surface area contributed by atoms with Crippen molar-refractivity contribution in [2.24, 2.45) is 5.41 Å². The molecule has 0 fully saturated rings. The maximum atomic E-state index is 15.5. The molecule has 0 aliphatic carbocycles. The first-order chi connectivity index (χ1) is 14.9. The highest BCUT2D eigenvalue weighted by atomic mass is 32.2. The molecule has 0 aliphatic heterocycles. The Morgan fingerprint density at radius 2 is 1.88 bits per heavy atom. The average Bonchev–Trinajstić information content (AvgIpc) is 3.04. The van der Waals surface area contributed by atoms with E-state index < -0.39 is 45.5 Å². The molecule has 0 saturated heterocycles. The van der Waals surface area contributed by atoms with Crippen LogP contribution in [0.5, 0.6) is 0 Å². The van der Waals surface area contributed by atoms with Gasteiger partial charge in [-0.2, -0.15) is 4.39 Å². The summed E-state index contributed by atoms with van der Waals surface area (Å²) in [5, 5.41) is 9.56. The predicted octanol–water partition coefficient (Wildman–Crippen LogP) is 3.99. The van der Waals surface area contributed by atoms with Crippen LogP contribution in [-0.4, -0.2) is 45.0 Å². The molecular formula is C21H22F2N4O4S. The third-order valence-electron chi connectivity index (χ3n) is 4.49. The normalized spacial score (nSPS) is 12.0. The van der Waals surface area contributed by atoms with Gasteiger partial charge in [0.2, 0.25) is 5.95 Å². The molecule has 32 heavy (non-hydrogen) atoms. The van der Waals surface area contributed by atoms with Crippen molar-refractivity contribution < 1.29 is 27.1 Å². The van der Waals surface area contributed by atoms with Crippen LogP contribution >= 0.6 is 0 Å². The summed E-state index contributed by atoms with van der Waals surface area (Å²) >= 11 is 0. The number of pyridine rings is 2. The lowest BCUT2D eigenvalue weighted by Gasteiger charge is -2.27. The Morgan fingerprint density at radius 1 is 1.19 bits per heavy atom. The minimum atomic E-state index is -4.37. The van der Waals surface area contributed by atoms with Crippen LogP contribution in [0.1, 0.15) is 26.3 Å². The molecule has 0 radical (unpaired) electrons. The number of aromatic nitrogens is 3. The predicted molar refractivity (Wildman–Crippen MR) is 112 cm³/mol. The van der Waals surface area contributed by atoms with Crippen molar-refractivity contribution in [2.75, 3.05) is 6.54 Å². The van der Waals surface area contributed by atoms with Gasteiger partial charge in [0.1, 0.15) is 10.6 Å². The number of hydrogen-bond donors (Lipinski definition) is 1. The van der Waals surface area contributed by atoms with Gasteiger partial charge in [0.15, 0.2) is 5.82 Å². The molecule has 0 saturated carbocycles. The molecule has 0 unspecified atom stereocenters. The first-order valence-electron chi connectivity index (χ1n) is 9.56. The van der Waals surface area contributed by atoms with Gasteiger partial charge in [0, 0.05) is 36.9 Å². The molecule has 170 valence electrons. The van der Waals surface area contributed by atoms with Crippen molar-refractivity contribution in [1.82, 2.24) is 18.8 Å². The molecule has 0 bridgehead atoms. The quantitative estimate of drug-likeness (QED) is 0.553. The maximum absolute atomic E-state index is 15.5. The Bertz CT molecular complexity index is 1240. The zero-order chi connectivity index (χ0) is 23.7. The Kier molecular flexibility index (Phi) is 6.31. The summed E-state index contributed by atoms with van der Waals surface area (Å²) in [6.07, 6.45) is 3.28.